The van der Waals surface area contributed by atoms with Gasteiger partial charge in [-0.25, -0.2) is 0 Å². The summed E-state index contributed by atoms with van der Waals surface area (Å²) in [6.45, 7) is 5.16. The molecule has 3 N–H and O–H groups in total. The average Bonchev–Trinajstić information content (AvgIpc) is 2.46. The minimum absolute atomic E-state index is 0.320. The van der Waals surface area contributed by atoms with E-state index < -0.39 is 0 Å². The number of anilines is 1. The predicted octanol–water partition coefficient (Wildman–Crippen LogP) is 3.45. The van der Waals surface area contributed by atoms with Crippen LogP contribution in [0.4, 0.5) is 5.69 Å². The number of pyridine rings is 1. The third-order valence-electron chi connectivity index (χ3n) is 3.16. The fourth-order valence-electron chi connectivity index (χ4n) is 1.87. The van der Waals surface area contributed by atoms with Gasteiger partial charge >= 0.3 is 0 Å². The maximum Gasteiger partial charge on any atom is 0.122 e. The van der Waals surface area contributed by atoms with E-state index in [-0.39, 0.29) is 0 Å². The predicted molar refractivity (Wildman–Crippen MR) is 88.0 cm³/mol. The van der Waals surface area contributed by atoms with Gasteiger partial charge < -0.3 is 11.1 Å². The second kappa shape index (κ2) is 6.48. The highest BCUT2D eigenvalue weighted by atomic mass is 32.1. The van der Waals surface area contributed by atoms with E-state index >= 15 is 0 Å². The molecule has 0 atom stereocenters. The Balaban J connectivity index is 1.96. The van der Waals surface area contributed by atoms with Gasteiger partial charge in [0, 0.05) is 6.54 Å². The number of rotatable bonds is 5. The monoisotopic (exact) mass is 285 g/mol. The van der Waals surface area contributed by atoms with Crippen molar-refractivity contribution in [2.75, 3.05) is 5.32 Å². The molecule has 4 heteroatoms. The number of nitrogens with one attached hydrogen (secondary N) is 1. The van der Waals surface area contributed by atoms with Crippen LogP contribution in [0.15, 0.2) is 42.6 Å². The number of hydrogen-bond donors (Lipinski definition) is 2. The van der Waals surface area contributed by atoms with E-state index in [1.807, 2.05) is 12.1 Å². The molecule has 0 aliphatic rings. The summed E-state index contributed by atoms with van der Waals surface area (Å²) >= 11 is 4.87. The smallest absolute Gasteiger partial charge is 0.122 e. The van der Waals surface area contributed by atoms with Crippen molar-refractivity contribution in [3.05, 3.63) is 59.4 Å². The van der Waals surface area contributed by atoms with Crippen molar-refractivity contribution in [2.45, 2.75) is 26.3 Å². The van der Waals surface area contributed by atoms with E-state index in [4.69, 9.17) is 18.0 Å². The molecular formula is C16H19N3S. The Hall–Kier alpha value is -1.94. The molecule has 1 aromatic heterocycles. The van der Waals surface area contributed by atoms with Crippen molar-refractivity contribution >= 4 is 22.9 Å². The van der Waals surface area contributed by atoms with E-state index in [1.54, 1.807) is 6.20 Å². The summed E-state index contributed by atoms with van der Waals surface area (Å²) in [6, 6.07) is 12.4. The summed E-state index contributed by atoms with van der Waals surface area (Å²) in [6.07, 6.45) is 1.75. The lowest BCUT2D eigenvalue weighted by Crippen LogP contribution is -2.11. The SMILES string of the molecule is CC(C)c1ccc(CNc2ccc(C(N)=S)nc2)cc1. The first kappa shape index (κ1) is 14.5. The van der Waals surface area contributed by atoms with Crippen molar-refractivity contribution < 1.29 is 0 Å². The molecule has 0 unspecified atom stereocenters. The molecule has 3 nitrogen and oxygen atoms in total. The number of nitrogens with two attached hydrogens (primary N) is 1. The van der Waals surface area contributed by atoms with Crippen LogP contribution in [0, 0.1) is 0 Å². The second-order valence-electron chi connectivity index (χ2n) is 5.05. The fourth-order valence-corrected chi connectivity index (χ4v) is 1.99. The molecule has 0 fully saturated rings. The van der Waals surface area contributed by atoms with Crippen molar-refractivity contribution in [1.82, 2.24) is 4.98 Å². The second-order valence-corrected chi connectivity index (χ2v) is 5.49. The van der Waals surface area contributed by atoms with Gasteiger partial charge in [0.1, 0.15) is 4.99 Å². The number of thiocarbonyl (C=S) groups is 1. The highest BCUT2D eigenvalue weighted by molar-refractivity contribution is 7.80. The molecule has 0 saturated heterocycles. The first-order chi connectivity index (χ1) is 9.56. The highest BCUT2D eigenvalue weighted by Crippen LogP contribution is 2.15. The van der Waals surface area contributed by atoms with Crippen LogP contribution in [0.5, 0.6) is 0 Å². The summed E-state index contributed by atoms with van der Waals surface area (Å²) in [5, 5.41) is 3.33. The van der Waals surface area contributed by atoms with Gasteiger partial charge in [-0.2, -0.15) is 0 Å². The molecule has 20 heavy (non-hydrogen) atoms. The summed E-state index contributed by atoms with van der Waals surface area (Å²) in [5.74, 6) is 0.564. The zero-order valence-electron chi connectivity index (χ0n) is 11.8. The van der Waals surface area contributed by atoms with E-state index in [2.05, 4.69) is 48.4 Å². The maximum absolute atomic E-state index is 5.52. The van der Waals surface area contributed by atoms with Gasteiger partial charge in [-0.15, -0.1) is 0 Å². The minimum Gasteiger partial charge on any atom is -0.388 e. The minimum atomic E-state index is 0.320. The van der Waals surface area contributed by atoms with Crippen molar-refractivity contribution in [3.63, 3.8) is 0 Å². The van der Waals surface area contributed by atoms with E-state index in [1.165, 1.54) is 11.1 Å². The van der Waals surface area contributed by atoms with Crippen LogP contribution in [0.3, 0.4) is 0 Å². The molecule has 0 amide bonds. The van der Waals surface area contributed by atoms with Gasteiger partial charge in [0.05, 0.1) is 17.6 Å². The molecule has 2 rings (SSSR count). The summed E-state index contributed by atoms with van der Waals surface area (Å²) < 4.78 is 0. The Morgan fingerprint density at radius 1 is 1.20 bits per heavy atom. The lowest BCUT2D eigenvalue weighted by atomic mass is 10.0. The summed E-state index contributed by atoms with van der Waals surface area (Å²) in [5.41, 5.74) is 9.72. The normalized spacial score (nSPS) is 10.6. The van der Waals surface area contributed by atoms with Crippen LogP contribution >= 0.6 is 12.2 Å². The fraction of sp³-hybridized carbons (Fsp3) is 0.250. The molecule has 1 heterocycles. The molecule has 0 radical (unpaired) electrons. The summed E-state index contributed by atoms with van der Waals surface area (Å²) in [7, 11) is 0. The van der Waals surface area contributed by atoms with Crippen LogP contribution < -0.4 is 11.1 Å². The van der Waals surface area contributed by atoms with Crippen molar-refractivity contribution in [3.8, 4) is 0 Å². The van der Waals surface area contributed by atoms with Gasteiger partial charge in [-0.3, -0.25) is 4.98 Å². The molecule has 0 aliphatic carbocycles. The Labute approximate surface area is 125 Å². The Morgan fingerprint density at radius 2 is 1.90 bits per heavy atom. The third kappa shape index (κ3) is 3.78. The van der Waals surface area contributed by atoms with E-state index in [0.717, 1.165) is 12.2 Å². The maximum atomic E-state index is 5.52. The van der Waals surface area contributed by atoms with E-state index in [9.17, 15) is 0 Å². The van der Waals surface area contributed by atoms with Gasteiger partial charge in [0.15, 0.2) is 0 Å². The number of aromatic nitrogens is 1. The quantitative estimate of drug-likeness (QED) is 0.826. The topological polar surface area (TPSA) is 50.9 Å². The third-order valence-corrected chi connectivity index (χ3v) is 3.37. The first-order valence-corrected chi connectivity index (χ1v) is 7.05. The largest absolute Gasteiger partial charge is 0.388 e. The number of nitrogens with zero attached hydrogens (tertiary/aromatic N) is 1. The molecule has 2 aromatic rings. The van der Waals surface area contributed by atoms with Crippen LogP contribution in [0.2, 0.25) is 0 Å². The van der Waals surface area contributed by atoms with Crippen molar-refractivity contribution in [2.24, 2.45) is 5.73 Å². The molecule has 1 aromatic carbocycles. The molecule has 0 bridgehead atoms. The standard InChI is InChI=1S/C16H19N3S/c1-11(2)13-5-3-12(4-6-13)9-18-14-7-8-15(16(17)20)19-10-14/h3-8,10-11,18H,9H2,1-2H3,(H2,17,20). The van der Waals surface area contributed by atoms with Crippen LogP contribution in [-0.2, 0) is 6.54 Å². The number of hydrogen-bond acceptors (Lipinski definition) is 3. The van der Waals surface area contributed by atoms with Crippen LogP contribution in [0.1, 0.15) is 36.6 Å². The Bertz CT molecular complexity index is 574. The lowest BCUT2D eigenvalue weighted by molar-refractivity contribution is 0.865. The van der Waals surface area contributed by atoms with Crippen molar-refractivity contribution in [1.29, 1.82) is 0 Å². The zero-order valence-corrected chi connectivity index (χ0v) is 12.6. The van der Waals surface area contributed by atoms with Crippen LogP contribution in [-0.4, -0.2) is 9.97 Å². The zero-order chi connectivity index (χ0) is 14.5. The molecular weight excluding hydrogens is 266 g/mol. The van der Waals surface area contributed by atoms with Gasteiger partial charge in [-0.05, 0) is 29.2 Å². The van der Waals surface area contributed by atoms with Gasteiger partial charge in [0.25, 0.3) is 0 Å². The Kier molecular flexibility index (Phi) is 4.69. The highest BCUT2D eigenvalue weighted by Gasteiger charge is 2.00. The Morgan fingerprint density at radius 3 is 2.40 bits per heavy atom. The van der Waals surface area contributed by atoms with Gasteiger partial charge in [0.2, 0.25) is 0 Å². The molecule has 0 aliphatic heterocycles. The first-order valence-electron chi connectivity index (χ1n) is 6.65. The average molecular weight is 285 g/mol. The molecule has 0 saturated carbocycles. The van der Waals surface area contributed by atoms with E-state index in [0.29, 0.717) is 16.6 Å². The molecule has 0 spiro atoms. The lowest BCUT2D eigenvalue weighted by Gasteiger charge is -2.09. The number of benzene rings is 1. The molecule has 104 valence electrons. The van der Waals surface area contributed by atoms with Gasteiger partial charge in [-0.1, -0.05) is 50.3 Å². The summed E-state index contributed by atoms with van der Waals surface area (Å²) in [4.78, 5) is 4.52. The van der Waals surface area contributed by atoms with Crippen LogP contribution in [0.25, 0.3) is 0 Å².